The summed E-state index contributed by atoms with van der Waals surface area (Å²) in [6, 6.07) is 7.58. The number of para-hydroxylation sites is 1. The molecule has 6 heteroatoms. The van der Waals surface area contributed by atoms with Crippen LogP contribution in [0.1, 0.15) is 37.8 Å². The van der Waals surface area contributed by atoms with E-state index in [2.05, 4.69) is 31.2 Å². The highest BCUT2D eigenvalue weighted by Gasteiger charge is 2.13. The second-order valence-electron chi connectivity index (χ2n) is 6.91. The summed E-state index contributed by atoms with van der Waals surface area (Å²) < 4.78 is 10.9. The zero-order valence-corrected chi connectivity index (χ0v) is 15.8. The third-order valence-corrected chi connectivity index (χ3v) is 3.91. The van der Waals surface area contributed by atoms with Gasteiger partial charge in [0.2, 0.25) is 0 Å². The molecule has 0 bridgehead atoms. The summed E-state index contributed by atoms with van der Waals surface area (Å²) in [4.78, 5) is 0. The molecule has 1 aromatic carbocycles. The molecule has 1 aromatic heterocycles. The standard InChI is InChI=1S/C19H25ClN2O3/c1-13-18(20)17(25-22-13)10-9-14-7-5-6-8-16(14)24-12-15(23)11-21-19(2,3)4/h5-10,15,21,23H,11-12H2,1-4H3/b10-9+. The summed E-state index contributed by atoms with van der Waals surface area (Å²) in [6.07, 6.45) is 3.01. The van der Waals surface area contributed by atoms with Crippen LogP contribution in [0.5, 0.6) is 5.75 Å². The molecule has 2 N–H and O–H groups in total. The van der Waals surface area contributed by atoms with Crippen molar-refractivity contribution in [2.75, 3.05) is 13.2 Å². The maximum absolute atomic E-state index is 10.1. The van der Waals surface area contributed by atoms with Gasteiger partial charge in [0, 0.05) is 17.6 Å². The van der Waals surface area contributed by atoms with Gasteiger partial charge in [-0.05, 0) is 45.9 Å². The second-order valence-corrected chi connectivity index (χ2v) is 7.29. The zero-order chi connectivity index (χ0) is 18.4. The molecule has 0 saturated carbocycles. The molecular formula is C19H25ClN2O3. The van der Waals surface area contributed by atoms with E-state index in [9.17, 15) is 5.11 Å². The Morgan fingerprint density at radius 1 is 1.32 bits per heavy atom. The number of rotatable bonds is 7. The van der Waals surface area contributed by atoms with E-state index in [1.165, 1.54) is 0 Å². The van der Waals surface area contributed by atoms with Crippen LogP contribution in [0, 0.1) is 6.92 Å². The van der Waals surface area contributed by atoms with Gasteiger partial charge in [-0.2, -0.15) is 0 Å². The fourth-order valence-electron chi connectivity index (χ4n) is 2.06. The summed E-state index contributed by atoms with van der Waals surface area (Å²) in [5, 5.41) is 17.6. The number of aliphatic hydroxyl groups excluding tert-OH is 1. The molecule has 0 aliphatic carbocycles. The van der Waals surface area contributed by atoms with Gasteiger partial charge in [-0.15, -0.1) is 0 Å². The third kappa shape index (κ3) is 6.20. The molecule has 25 heavy (non-hydrogen) atoms. The van der Waals surface area contributed by atoms with E-state index in [-0.39, 0.29) is 12.1 Å². The van der Waals surface area contributed by atoms with E-state index in [4.69, 9.17) is 20.9 Å². The van der Waals surface area contributed by atoms with Crippen LogP contribution in [0.25, 0.3) is 12.2 Å². The Balaban J connectivity index is 1.99. The van der Waals surface area contributed by atoms with Crippen LogP contribution < -0.4 is 10.1 Å². The van der Waals surface area contributed by atoms with Gasteiger partial charge < -0.3 is 19.7 Å². The molecule has 0 saturated heterocycles. The van der Waals surface area contributed by atoms with Crippen molar-refractivity contribution in [2.45, 2.75) is 39.3 Å². The fraction of sp³-hybridized carbons (Fsp3) is 0.421. The van der Waals surface area contributed by atoms with Gasteiger partial charge in [0.25, 0.3) is 0 Å². The van der Waals surface area contributed by atoms with Crippen LogP contribution in [-0.4, -0.2) is 35.1 Å². The normalized spacial score (nSPS) is 13.4. The highest BCUT2D eigenvalue weighted by atomic mass is 35.5. The summed E-state index contributed by atoms with van der Waals surface area (Å²) in [6.45, 7) is 8.61. The Morgan fingerprint density at radius 2 is 2.04 bits per heavy atom. The monoisotopic (exact) mass is 364 g/mol. The molecule has 0 spiro atoms. The topological polar surface area (TPSA) is 67.5 Å². The first-order valence-corrected chi connectivity index (χ1v) is 8.59. The van der Waals surface area contributed by atoms with Crippen molar-refractivity contribution >= 4 is 23.8 Å². The summed E-state index contributed by atoms with van der Waals surface area (Å²) in [7, 11) is 0. The van der Waals surface area contributed by atoms with E-state index in [0.717, 1.165) is 5.56 Å². The molecular weight excluding hydrogens is 340 g/mol. The molecule has 1 atom stereocenters. The summed E-state index contributed by atoms with van der Waals surface area (Å²) in [5.41, 5.74) is 1.47. The van der Waals surface area contributed by atoms with Crippen LogP contribution >= 0.6 is 11.6 Å². The van der Waals surface area contributed by atoms with Crippen LogP contribution in [0.3, 0.4) is 0 Å². The van der Waals surface area contributed by atoms with Crippen molar-refractivity contribution in [3.63, 3.8) is 0 Å². The number of benzene rings is 1. The SMILES string of the molecule is Cc1noc(/C=C/c2ccccc2OCC(O)CNC(C)(C)C)c1Cl. The minimum Gasteiger partial charge on any atom is -0.490 e. The second kappa shape index (κ2) is 8.52. The number of hydrogen-bond acceptors (Lipinski definition) is 5. The average Bonchev–Trinajstić information content (AvgIpc) is 2.88. The van der Waals surface area contributed by atoms with Crippen molar-refractivity contribution in [1.82, 2.24) is 10.5 Å². The number of nitrogens with zero attached hydrogens (tertiary/aromatic N) is 1. The summed E-state index contributed by atoms with van der Waals surface area (Å²) in [5.74, 6) is 1.18. The molecule has 136 valence electrons. The van der Waals surface area contributed by atoms with Gasteiger partial charge in [-0.25, -0.2) is 0 Å². The lowest BCUT2D eigenvalue weighted by atomic mass is 10.1. The van der Waals surface area contributed by atoms with Crippen LogP contribution in [0.4, 0.5) is 0 Å². The Kier molecular flexibility index (Phi) is 6.64. The van der Waals surface area contributed by atoms with Gasteiger partial charge in [-0.1, -0.05) is 35.0 Å². The quantitative estimate of drug-likeness (QED) is 0.779. The van der Waals surface area contributed by atoms with Crippen molar-refractivity contribution in [3.05, 3.63) is 46.3 Å². The largest absolute Gasteiger partial charge is 0.490 e. The summed E-state index contributed by atoms with van der Waals surface area (Å²) >= 11 is 6.11. The zero-order valence-electron chi connectivity index (χ0n) is 15.0. The fourth-order valence-corrected chi connectivity index (χ4v) is 2.20. The van der Waals surface area contributed by atoms with E-state index in [1.54, 1.807) is 13.0 Å². The number of aryl methyl sites for hydroxylation is 1. The number of halogens is 1. The Morgan fingerprint density at radius 3 is 2.68 bits per heavy atom. The van der Waals surface area contributed by atoms with Gasteiger partial charge in [-0.3, -0.25) is 0 Å². The Hall–Kier alpha value is -1.82. The molecule has 2 aromatic rings. The molecule has 0 aliphatic heterocycles. The van der Waals surface area contributed by atoms with Crippen molar-refractivity contribution in [2.24, 2.45) is 0 Å². The molecule has 0 radical (unpaired) electrons. The number of ether oxygens (including phenoxy) is 1. The third-order valence-electron chi connectivity index (χ3n) is 3.45. The first-order valence-electron chi connectivity index (χ1n) is 8.21. The highest BCUT2D eigenvalue weighted by molar-refractivity contribution is 6.32. The minimum atomic E-state index is -0.595. The number of nitrogens with one attached hydrogen (secondary N) is 1. The van der Waals surface area contributed by atoms with Crippen LogP contribution in [0.2, 0.25) is 5.02 Å². The number of aromatic nitrogens is 1. The molecule has 0 aliphatic rings. The van der Waals surface area contributed by atoms with Crippen molar-refractivity contribution in [3.8, 4) is 5.75 Å². The average molecular weight is 365 g/mol. The van der Waals surface area contributed by atoms with Crippen LogP contribution in [0.15, 0.2) is 28.8 Å². The molecule has 2 rings (SSSR count). The van der Waals surface area contributed by atoms with Gasteiger partial charge in [0.1, 0.15) is 23.5 Å². The minimum absolute atomic E-state index is 0.0455. The first-order chi connectivity index (χ1) is 11.8. The smallest absolute Gasteiger partial charge is 0.178 e. The van der Waals surface area contributed by atoms with E-state index in [0.29, 0.717) is 28.8 Å². The Bertz CT molecular complexity index is 720. The maximum atomic E-state index is 10.1. The predicted molar refractivity (Wildman–Crippen MR) is 101 cm³/mol. The van der Waals surface area contributed by atoms with Gasteiger partial charge in [0.15, 0.2) is 5.76 Å². The first kappa shape index (κ1) is 19.5. The Labute approximate surface area is 153 Å². The molecule has 1 unspecified atom stereocenters. The van der Waals surface area contributed by atoms with Crippen molar-refractivity contribution < 1.29 is 14.4 Å². The molecule has 0 fully saturated rings. The number of hydrogen-bond donors (Lipinski definition) is 2. The lowest BCUT2D eigenvalue weighted by molar-refractivity contribution is 0.0999. The number of β-amino-alcohol motifs (C(OH)–C–C–N with tert-alkyl or cyclic N) is 1. The molecule has 1 heterocycles. The van der Waals surface area contributed by atoms with E-state index < -0.39 is 6.10 Å². The van der Waals surface area contributed by atoms with E-state index >= 15 is 0 Å². The van der Waals surface area contributed by atoms with Gasteiger partial charge in [0.05, 0.1) is 5.69 Å². The maximum Gasteiger partial charge on any atom is 0.178 e. The lowest BCUT2D eigenvalue weighted by Crippen LogP contribution is -2.42. The predicted octanol–water partition coefficient (Wildman–Crippen LogP) is 3.93. The van der Waals surface area contributed by atoms with E-state index in [1.807, 2.05) is 30.3 Å². The lowest BCUT2D eigenvalue weighted by Gasteiger charge is -2.23. The van der Waals surface area contributed by atoms with Crippen molar-refractivity contribution in [1.29, 1.82) is 0 Å². The molecule has 5 nitrogen and oxygen atoms in total. The molecule has 0 amide bonds. The highest BCUT2D eigenvalue weighted by Crippen LogP contribution is 2.25. The number of aliphatic hydroxyl groups is 1. The van der Waals surface area contributed by atoms with Gasteiger partial charge >= 0.3 is 0 Å². The van der Waals surface area contributed by atoms with Crippen LogP contribution in [-0.2, 0) is 0 Å².